The first-order valence-electron chi connectivity index (χ1n) is 10.9. The Morgan fingerprint density at radius 1 is 1.06 bits per heavy atom. The van der Waals surface area contributed by atoms with Crippen LogP contribution in [0.15, 0.2) is 73.1 Å². The largest absolute Gasteiger partial charge is 0.488 e. The Labute approximate surface area is 187 Å². The molecule has 0 aliphatic carbocycles. The number of fused-ring (bicyclic) bond motifs is 1. The number of carbonyl (C=O) groups is 2. The lowest BCUT2D eigenvalue weighted by molar-refractivity contribution is -0.133. The zero-order valence-corrected chi connectivity index (χ0v) is 17.7. The fourth-order valence-electron chi connectivity index (χ4n) is 4.48. The molecule has 162 valence electrons. The maximum Gasteiger partial charge on any atom is 0.239 e. The van der Waals surface area contributed by atoms with Gasteiger partial charge in [0.2, 0.25) is 11.8 Å². The van der Waals surface area contributed by atoms with Crippen molar-refractivity contribution in [1.29, 1.82) is 0 Å². The zero-order valence-electron chi connectivity index (χ0n) is 17.7. The van der Waals surface area contributed by atoms with E-state index in [-0.39, 0.29) is 30.4 Å². The summed E-state index contributed by atoms with van der Waals surface area (Å²) < 4.78 is 6.00. The Kier molecular flexibility index (Phi) is 5.58. The summed E-state index contributed by atoms with van der Waals surface area (Å²) in [6.07, 6.45) is 4.69. The third-order valence-electron chi connectivity index (χ3n) is 6.14. The molecule has 5 rings (SSSR count). The average Bonchev–Trinajstić information content (AvgIpc) is 3.41. The van der Waals surface area contributed by atoms with E-state index in [4.69, 9.17) is 4.74 Å². The summed E-state index contributed by atoms with van der Waals surface area (Å²) in [6, 6.07) is 20.1. The highest BCUT2D eigenvalue weighted by molar-refractivity contribution is 5.86. The highest BCUT2D eigenvalue weighted by Crippen LogP contribution is 2.32. The molecule has 0 radical (unpaired) electrons. The summed E-state index contributed by atoms with van der Waals surface area (Å²) in [5, 5.41) is 2.94. The number of hydrogen-bond donors (Lipinski definition) is 1. The van der Waals surface area contributed by atoms with Crippen LogP contribution >= 0.6 is 0 Å². The Bertz CT molecular complexity index is 1120. The van der Waals surface area contributed by atoms with E-state index in [9.17, 15) is 9.59 Å². The highest BCUT2D eigenvalue weighted by atomic mass is 16.5. The van der Waals surface area contributed by atoms with E-state index < -0.39 is 0 Å². The van der Waals surface area contributed by atoms with Gasteiger partial charge in [-0.3, -0.25) is 14.6 Å². The van der Waals surface area contributed by atoms with Crippen molar-refractivity contribution in [2.45, 2.75) is 24.9 Å². The van der Waals surface area contributed by atoms with Crippen molar-refractivity contribution in [3.05, 3.63) is 84.2 Å². The Hall–Kier alpha value is -3.67. The standard InChI is InChI=1S/C26H25N3O3/c30-25(17-29-16-22(13-26(29)31)18-5-2-1-3-6-18)28-15-23-12-21-11-19(8-9-24(21)32-23)20-7-4-10-27-14-20/h1-11,14,22-23H,12-13,15-17H2,(H,28,30)/t22-,23-/m0/s1. The van der Waals surface area contributed by atoms with Crippen molar-refractivity contribution in [3.63, 3.8) is 0 Å². The molecule has 0 saturated carbocycles. The van der Waals surface area contributed by atoms with Gasteiger partial charge in [0, 0.05) is 43.3 Å². The molecule has 0 bridgehead atoms. The van der Waals surface area contributed by atoms with Crippen molar-refractivity contribution in [2.75, 3.05) is 19.6 Å². The fourth-order valence-corrected chi connectivity index (χ4v) is 4.48. The van der Waals surface area contributed by atoms with E-state index in [0.29, 0.717) is 19.5 Å². The normalized spacial score (nSPS) is 19.5. The van der Waals surface area contributed by atoms with Gasteiger partial charge in [-0.2, -0.15) is 0 Å². The van der Waals surface area contributed by atoms with Crippen molar-refractivity contribution < 1.29 is 14.3 Å². The van der Waals surface area contributed by atoms with Crippen molar-refractivity contribution in [3.8, 4) is 16.9 Å². The fraction of sp³-hybridized carbons (Fsp3) is 0.269. The van der Waals surface area contributed by atoms with E-state index in [2.05, 4.69) is 16.4 Å². The first-order valence-corrected chi connectivity index (χ1v) is 10.9. The minimum Gasteiger partial charge on any atom is -0.488 e. The lowest BCUT2D eigenvalue weighted by atomic mass is 9.99. The second-order valence-electron chi connectivity index (χ2n) is 8.40. The predicted octanol–water partition coefficient (Wildman–Crippen LogP) is 3.18. The van der Waals surface area contributed by atoms with Crippen molar-refractivity contribution in [1.82, 2.24) is 15.2 Å². The van der Waals surface area contributed by atoms with Gasteiger partial charge in [-0.15, -0.1) is 0 Å². The molecule has 1 fully saturated rings. The lowest BCUT2D eigenvalue weighted by Gasteiger charge is -2.17. The van der Waals surface area contributed by atoms with Crippen LogP contribution in [0.3, 0.4) is 0 Å². The number of carbonyl (C=O) groups excluding carboxylic acids is 2. The number of ether oxygens (including phenoxy) is 1. The van der Waals surface area contributed by atoms with E-state index in [1.807, 2.05) is 60.8 Å². The Morgan fingerprint density at radius 2 is 1.94 bits per heavy atom. The molecule has 3 heterocycles. The summed E-state index contributed by atoms with van der Waals surface area (Å²) in [5.41, 5.74) is 4.44. The molecule has 1 saturated heterocycles. The molecule has 1 aromatic heterocycles. The van der Waals surface area contributed by atoms with Crippen LogP contribution in [0, 0.1) is 0 Å². The van der Waals surface area contributed by atoms with Gasteiger partial charge in [0.1, 0.15) is 11.9 Å². The second kappa shape index (κ2) is 8.83. The van der Waals surface area contributed by atoms with Crippen molar-refractivity contribution in [2.24, 2.45) is 0 Å². The minimum absolute atomic E-state index is 0.0291. The van der Waals surface area contributed by atoms with Gasteiger partial charge in [-0.05, 0) is 34.9 Å². The number of nitrogens with one attached hydrogen (secondary N) is 1. The molecule has 6 heteroatoms. The van der Waals surface area contributed by atoms with Crippen LogP contribution in [0.5, 0.6) is 5.75 Å². The maximum absolute atomic E-state index is 12.5. The minimum atomic E-state index is -0.150. The van der Waals surface area contributed by atoms with Crippen LogP contribution in [-0.4, -0.2) is 47.4 Å². The highest BCUT2D eigenvalue weighted by Gasteiger charge is 2.32. The molecule has 2 aliphatic heterocycles. The molecule has 2 amide bonds. The van der Waals surface area contributed by atoms with Gasteiger partial charge in [0.25, 0.3) is 0 Å². The number of aromatic nitrogens is 1. The Morgan fingerprint density at radius 3 is 2.75 bits per heavy atom. The molecular formula is C26H25N3O3. The molecule has 0 unspecified atom stereocenters. The molecule has 1 N–H and O–H groups in total. The van der Waals surface area contributed by atoms with Gasteiger partial charge in [-0.1, -0.05) is 42.5 Å². The van der Waals surface area contributed by atoms with E-state index >= 15 is 0 Å². The van der Waals surface area contributed by atoms with Crippen LogP contribution in [0.2, 0.25) is 0 Å². The summed E-state index contributed by atoms with van der Waals surface area (Å²) in [5.74, 6) is 0.889. The molecule has 0 spiro atoms. The van der Waals surface area contributed by atoms with Crippen molar-refractivity contribution >= 4 is 11.8 Å². The third-order valence-corrected chi connectivity index (χ3v) is 6.14. The van der Waals surface area contributed by atoms with Crippen LogP contribution in [0.1, 0.15) is 23.5 Å². The van der Waals surface area contributed by atoms with Gasteiger partial charge < -0.3 is 15.0 Å². The Balaban J connectivity index is 1.13. The zero-order chi connectivity index (χ0) is 21.9. The van der Waals surface area contributed by atoms with Crippen LogP contribution < -0.4 is 10.1 Å². The topological polar surface area (TPSA) is 71.5 Å². The average molecular weight is 428 g/mol. The lowest BCUT2D eigenvalue weighted by Crippen LogP contribution is -2.41. The number of nitrogens with zero attached hydrogens (tertiary/aromatic N) is 2. The third kappa shape index (κ3) is 4.35. The molecule has 32 heavy (non-hydrogen) atoms. The molecule has 2 aromatic carbocycles. The first-order chi connectivity index (χ1) is 15.7. The number of amides is 2. The molecule has 2 atom stereocenters. The maximum atomic E-state index is 12.5. The second-order valence-corrected chi connectivity index (χ2v) is 8.40. The van der Waals surface area contributed by atoms with Crippen LogP contribution in [0.4, 0.5) is 0 Å². The summed E-state index contributed by atoms with van der Waals surface area (Å²) in [6.45, 7) is 1.09. The number of rotatable bonds is 6. The van der Waals surface area contributed by atoms with Gasteiger partial charge in [-0.25, -0.2) is 0 Å². The SMILES string of the molecule is O=C(CN1C[C@@H](c2ccccc2)CC1=O)NC[C@@H]1Cc2cc(-c3cccnc3)ccc2O1. The van der Waals surface area contributed by atoms with Gasteiger partial charge in [0.05, 0.1) is 13.1 Å². The summed E-state index contributed by atoms with van der Waals surface area (Å²) >= 11 is 0. The van der Waals surface area contributed by atoms with Gasteiger partial charge >= 0.3 is 0 Å². The quantitative estimate of drug-likeness (QED) is 0.656. The van der Waals surface area contributed by atoms with Gasteiger partial charge in [0.15, 0.2) is 0 Å². The van der Waals surface area contributed by atoms with E-state index in [0.717, 1.165) is 34.4 Å². The predicted molar refractivity (Wildman–Crippen MR) is 121 cm³/mol. The van der Waals surface area contributed by atoms with Crippen LogP contribution in [0.25, 0.3) is 11.1 Å². The van der Waals surface area contributed by atoms with Crippen LogP contribution in [-0.2, 0) is 16.0 Å². The van der Waals surface area contributed by atoms with E-state index in [1.54, 1.807) is 11.1 Å². The smallest absolute Gasteiger partial charge is 0.239 e. The first kappa shape index (κ1) is 20.2. The number of benzene rings is 2. The molecule has 2 aliphatic rings. The summed E-state index contributed by atoms with van der Waals surface area (Å²) in [4.78, 5) is 30.7. The monoisotopic (exact) mass is 427 g/mol. The number of pyridine rings is 1. The molecule has 3 aromatic rings. The van der Waals surface area contributed by atoms with E-state index in [1.165, 1.54) is 0 Å². The summed E-state index contributed by atoms with van der Waals surface area (Å²) in [7, 11) is 0. The molecule has 6 nitrogen and oxygen atoms in total. The molecular weight excluding hydrogens is 402 g/mol. The number of hydrogen-bond acceptors (Lipinski definition) is 4. The number of likely N-dealkylation sites (tertiary alicyclic amines) is 1.